The largest absolute Gasteiger partial charge is 0.417 e. The second kappa shape index (κ2) is 9.00. The first-order valence-electron chi connectivity index (χ1n) is 10.0. The Balaban J connectivity index is 1.92. The molecule has 0 N–H and O–H groups in total. The summed E-state index contributed by atoms with van der Waals surface area (Å²) in [6.45, 7) is 3.97. The van der Waals surface area contributed by atoms with Gasteiger partial charge in [-0.3, -0.25) is 0 Å². The standard InChI is InChI=1S/C23H20F6N4O/c1-21(2,3)16-7-4-14(5-8-16)20-31-19(34-32-20)12-33(13-22(24,25)26)17-9-6-15(11-30)18(10-17)23(27,28)29/h4-10H,12-13H2,1-3H3. The highest BCUT2D eigenvalue weighted by Gasteiger charge is 2.36. The number of benzene rings is 2. The summed E-state index contributed by atoms with van der Waals surface area (Å²) in [5, 5.41) is 12.7. The van der Waals surface area contributed by atoms with E-state index in [1.807, 2.05) is 32.9 Å². The van der Waals surface area contributed by atoms with Crippen molar-refractivity contribution < 1.29 is 30.9 Å². The molecule has 34 heavy (non-hydrogen) atoms. The van der Waals surface area contributed by atoms with E-state index in [9.17, 15) is 26.3 Å². The number of hydrogen-bond acceptors (Lipinski definition) is 5. The molecule has 3 rings (SSSR count). The van der Waals surface area contributed by atoms with Gasteiger partial charge in [-0.05, 0) is 29.2 Å². The third kappa shape index (κ3) is 6.07. The highest BCUT2D eigenvalue weighted by molar-refractivity contribution is 5.56. The van der Waals surface area contributed by atoms with Gasteiger partial charge in [-0.25, -0.2) is 0 Å². The summed E-state index contributed by atoms with van der Waals surface area (Å²) in [6, 6.07) is 11.0. The van der Waals surface area contributed by atoms with Gasteiger partial charge in [-0.2, -0.15) is 36.6 Å². The zero-order valence-electron chi connectivity index (χ0n) is 18.4. The predicted octanol–water partition coefficient (Wildman–Crippen LogP) is 6.49. The van der Waals surface area contributed by atoms with Gasteiger partial charge in [0, 0.05) is 11.3 Å². The molecular formula is C23H20F6N4O. The molecule has 1 aromatic heterocycles. The van der Waals surface area contributed by atoms with Gasteiger partial charge >= 0.3 is 12.4 Å². The van der Waals surface area contributed by atoms with E-state index in [0.717, 1.165) is 17.7 Å². The third-order valence-corrected chi connectivity index (χ3v) is 4.97. The van der Waals surface area contributed by atoms with Crippen LogP contribution in [0, 0.1) is 11.3 Å². The van der Waals surface area contributed by atoms with Gasteiger partial charge in [0.15, 0.2) is 0 Å². The first-order valence-corrected chi connectivity index (χ1v) is 10.0. The van der Waals surface area contributed by atoms with Crippen LogP contribution < -0.4 is 4.90 Å². The molecule has 0 aliphatic heterocycles. The van der Waals surface area contributed by atoms with Gasteiger partial charge in [0.2, 0.25) is 11.7 Å². The number of aromatic nitrogens is 2. The molecule has 0 radical (unpaired) electrons. The molecule has 0 aliphatic carbocycles. The maximum absolute atomic E-state index is 13.3. The first kappa shape index (κ1) is 25.1. The van der Waals surface area contributed by atoms with Crippen molar-refractivity contribution in [1.29, 1.82) is 5.26 Å². The van der Waals surface area contributed by atoms with Crippen molar-refractivity contribution in [3.8, 4) is 17.5 Å². The normalized spacial score (nSPS) is 12.5. The van der Waals surface area contributed by atoms with Crippen LogP contribution in [-0.4, -0.2) is 22.9 Å². The monoisotopic (exact) mass is 482 g/mol. The lowest BCUT2D eigenvalue weighted by Gasteiger charge is -2.25. The maximum atomic E-state index is 13.3. The van der Waals surface area contributed by atoms with E-state index in [0.29, 0.717) is 16.5 Å². The Morgan fingerprint density at radius 2 is 1.62 bits per heavy atom. The highest BCUT2D eigenvalue weighted by Crippen LogP contribution is 2.35. The van der Waals surface area contributed by atoms with E-state index < -0.39 is 42.3 Å². The quantitative estimate of drug-likeness (QED) is 0.389. The molecule has 2 aromatic carbocycles. The molecule has 0 saturated carbocycles. The van der Waals surface area contributed by atoms with E-state index in [4.69, 9.17) is 9.78 Å². The SMILES string of the molecule is CC(C)(C)c1ccc(-c2noc(CN(CC(F)(F)F)c3ccc(C#N)c(C(F)(F)F)c3)n2)cc1. The summed E-state index contributed by atoms with van der Waals surface area (Å²) in [7, 11) is 0. The topological polar surface area (TPSA) is 66.0 Å². The number of nitrogens with zero attached hydrogens (tertiary/aromatic N) is 4. The molecule has 0 unspecified atom stereocenters. The van der Waals surface area contributed by atoms with E-state index in [2.05, 4.69) is 10.1 Å². The Bertz CT molecular complexity index is 1180. The number of rotatable bonds is 5. The minimum atomic E-state index is -4.91. The van der Waals surface area contributed by atoms with Crippen LogP contribution in [0.25, 0.3) is 11.4 Å². The molecular weight excluding hydrogens is 462 g/mol. The van der Waals surface area contributed by atoms with Crippen molar-refractivity contribution in [1.82, 2.24) is 10.1 Å². The van der Waals surface area contributed by atoms with Crippen molar-refractivity contribution in [2.75, 3.05) is 11.4 Å². The highest BCUT2D eigenvalue weighted by atomic mass is 19.4. The number of hydrogen-bond donors (Lipinski definition) is 0. The fourth-order valence-corrected chi connectivity index (χ4v) is 3.23. The summed E-state index contributed by atoms with van der Waals surface area (Å²) in [6.07, 6.45) is -9.64. The Kier molecular flexibility index (Phi) is 6.64. The van der Waals surface area contributed by atoms with Gasteiger partial charge in [0.25, 0.3) is 0 Å². The fourth-order valence-electron chi connectivity index (χ4n) is 3.23. The lowest BCUT2D eigenvalue weighted by molar-refractivity contribution is -0.137. The molecule has 0 amide bonds. The first-order chi connectivity index (χ1) is 15.7. The Labute approximate surface area is 191 Å². The van der Waals surface area contributed by atoms with Gasteiger partial charge in [0.05, 0.1) is 23.7 Å². The molecule has 0 spiro atoms. The van der Waals surface area contributed by atoms with Crippen LogP contribution in [-0.2, 0) is 18.1 Å². The van der Waals surface area contributed by atoms with Crippen LogP contribution in [0.3, 0.4) is 0 Å². The Morgan fingerprint density at radius 3 is 2.15 bits per heavy atom. The average molecular weight is 482 g/mol. The van der Waals surface area contributed by atoms with Crippen LogP contribution in [0.4, 0.5) is 32.0 Å². The predicted molar refractivity (Wildman–Crippen MR) is 112 cm³/mol. The minimum absolute atomic E-state index is 0.0879. The summed E-state index contributed by atoms with van der Waals surface area (Å²) in [5.41, 5.74) is -0.875. The molecule has 0 saturated heterocycles. The van der Waals surface area contributed by atoms with Crippen LogP contribution >= 0.6 is 0 Å². The smallest absolute Gasteiger partial charge is 0.353 e. The van der Waals surface area contributed by atoms with Crippen molar-refractivity contribution in [3.05, 3.63) is 65.0 Å². The molecule has 1 heterocycles. The van der Waals surface area contributed by atoms with Crippen molar-refractivity contribution >= 4 is 5.69 Å². The third-order valence-electron chi connectivity index (χ3n) is 4.97. The molecule has 11 heteroatoms. The van der Waals surface area contributed by atoms with Crippen molar-refractivity contribution in [2.45, 2.75) is 45.1 Å². The lowest BCUT2D eigenvalue weighted by Crippen LogP contribution is -2.34. The Morgan fingerprint density at radius 1 is 0.971 bits per heavy atom. The van der Waals surface area contributed by atoms with Gasteiger partial charge in [0.1, 0.15) is 6.54 Å². The summed E-state index contributed by atoms with van der Waals surface area (Å²) < 4.78 is 84.6. The van der Waals surface area contributed by atoms with Crippen LogP contribution in [0.2, 0.25) is 0 Å². The van der Waals surface area contributed by atoms with Gasteiger partial charge in [-0.1, -0.05) is 50.2 Å². The van der Waals surface area contributed by atoms with Crippen LogP contribution in [0.15, 0.2) is 47.0 Å². The van der Waals surface area contributed by atoms with E-state index in [1.165, 1.54) is 6.07 Å². The second-order valence-electron chi connectivity index (χ2n) is 8.65. The molecule has 3 aromatic rings. The van der Waals surface area contributed by atoms with Crippen LogP contribution in [0.1, 0.15) is 43.4 Å². The molecule has 0 atom stereocenters. The van der Waals surface area contributed by atoms with E-state index in [1.54, 1.807) is 12.1 Å². The fraction of sp³-hybridized carbons (Fsp3) is 0.348. The van der Waals surface area contributed by atoms with Crippen LogP contribution in [0.5, 0.6) is 0 Å². The lowest BCUT2D eigenvalue weighted by atomic mass is 9.87. The van der Waals surface area contributed by atoms with Crippen molar-refractivity contribution in [3.63, 3.8) is 0 Å². The second-order valence-corrected chi connectivity index (χ2v) is 8.65. The average Bonchev–Trinajstić information content (AvgIpc) is 3.19. The zero-order chi connectivity index (χ0) is 25.3. The van der Waals surface area contributed by atoms with E-state index >= 15 is 0 Å². The zero-order valence-corrected chi connectivity index (χ0v) is 18.4. The summed E-state index contributed by atoms with van der Waals surface area (Å²) >= 11 is 0. The van der Waals surface area contributed by atoms with Gasteiger partial charge in [-0.15, -0.1) is 0 Å². The Hall–Kier alpha value is -3.55. The molecule has 0 fully saturated rings. The summed E-state index contributed by atoms with van der Waals surface area (Å²) in [4.78, 5) is 4.75. The number of alkyl halides is 6. The number of halogens is 6. The summed E-state index contributed by atoms with van der Waals surface area (Å²) in [5.74, 6) is -0.0738. The van der Waals surface area contributed by atoms with Gasteiger partial charge < -0.3 is 9.42 Å². The molecule has 0 aliphatic rings. The molecule has 0 bridgehead atoms. The molecule has 180 valence electrons. The van der Waals surface area contributed by atoms with E-state index in [-0.39, 0.29) is 17.1 Å². The number of anilines is 1. The number of nitriles is 1. The minimum Gasteiger partial charge on any atom is -0.353 e. The molecule has 5 nitrogen and oxygen atoms in total. The maximum Gasteiger partial charge on any atom is 0.417 e. The van der Waals surface area contributed by atoms with Crippen molar-refractivity contribution in [2.24, 2.45) is 0 Å².